The number of halogens is 1. The van der Waals surface area contributed by atoms with E-state index < -0.39 is 0 Å². The van der Waals surface area contributed by atoms with Gasteiger partial charge in [0.05, 0.1) is 23.3 Å². The van der Waals surface area contributed by atoms with Gasteiger partial charge in [-0.05, 0) is 18.2 Å². The molecule has 1 aromatic heterocycles. The van der Waals surface area contributed by atoms with Crippen LogP contribution in [-0.2, 0) is 0 Å². The van der Waals surface area contributed by atoms with Crippen molar-refractivity contribution in [1.29, 1.82) is 0 Å². The lowest BCUT2D eigenvalue weighted by Crippen LogP contribution is -1.98. The minimum atomic E-state index is -0.319. The van der Waals surface area contributed by atoms with Crippen LogP contribution in [0, 0.1) is 5.82 Å². The first-order chi connectivity index (χ1) is 7.27. The number of para-hydroxylation sites is 1. The van der Waals surface area contributed by atoms with Crippen LogP contribution in [0.15, 0.2) is 42.7 Å². The number of nitrogens with one attached hydrogen (secondary N) is 1. The summed E-state index contributed by atoms with van der Waals surface area (Å²) in [4.78, 5) is 3.91. The number of nitrogen functional groups attached to an aromatic ring is 1. The van der Waals surface area contributed by atoms with E-state index in [1.807, 2.05) is 0 Å². The SMILES string of the molecule is Nc1ccncc1Nc1ccccc1F. The fourth-order valence-corrected chi connectivity index (χ4v) is 1.22. The molecule has 0 aliphatic heterocycles. The summed E-state index contributed by atoms with van der Waals surface area (Å²) in [7, 11) is 0. The van der Waals surface area contributed by atoms with Crippen molar-refractivity contribution in [2.45, 2.75) is 0 Å². The Bertz CT molecular complexity index is 427. The molecule has 1 aromatic carbocycles. The van der Waals surface area contributed by atoms with E-state index in [1.54, 1.807) is 36.7 Å². The van der Waals surface area contributed by atoms with Gasteiger partial charge in [0.25, 0.3) is 0 Å². The molecule has 0 bridgehead atoms. The van der Waals surface area contributed by atoms with E-state index in [4.69, 9.17) is 5.73 Å². The topological polar surface area (TPSA) is 50.9 Å². The van der Waals surface area contributed by atoms with Crippen LogP contribution in [0.4, 0.5) is 21.5 Å². The van der Waals surface area contributed by atoms with Gasteiger partial charge >= 0.3 is 0 Å². The molecule has 2 aromatic rings. The molecular weight excluding hydrogens is 193 g/mol. The van der Waals surface area contributed by atoms with Gasteiger partial charge in [-0.15, -0.1) is 0 Å². The van der Waals surface area contributed by atoms with Gasteiger partial charge in [-0.3, -0.25) is 4.98 Å². The number of hydrogen-bond acceptors (Lipinski definition) is 3. The lowest BCUT2D eigenvalue weighted by Gasteiger charge is -2.08. The Morgan fingerprint density at radius 1 is 1.13 bits per heavy atom. The molecule has 76 valence electrons. The van der Waals surface area contributed by atoms with Gasteiger partial charge in [0.15, 0.2) is 0 Å². The van der Waals surface area contributed by atoms with Gasteiger partial charge in [-0.2, -0.15) is 0 Å². The van der Waals surface area contributed by atoms with Gasteiger partial charge in [-0.25, -0.2) is 4.39 Å². The number of anilines is 3. The summed E-state index contributed by atoms with van der Waals surface area (Å²) >= 11 is 0. The lowest BCUT2D eigenvalue weighted by atomic mass is 10.3. The summed E-state index contributed by atoms with van der Waals surface area (Å²) in [6.07, 6.45) is 3.14. The molecule has 15 heavy (non-hydrogen) atoms. The van der Waals surface area contributed by atoms with Crippen molar-refractivity contribution in [1.82, 2.24) is 4.98 Å². The first kappa shape index (κ1) is 9.45. The summed E-state index contributed by atoms with van der Waals surface area (Å²) in [5.41, 5.74) is 7.21. The number of nitrogens with zero attached hydrogens (tertiary/aromatic N) is 1. The first-order valence-electron chi connectivity index (χ1n) is 4.48. The minimum Gasteiger partial charge on any atom is -0.397 e. The van der Waals surface area contributed by atoms with Gasteiger partial charge in [0.2, 0.25) is 0 Å². The molecule has 3 N–H and O–H groups in total. The highest BCUT2D eigenvalue weighted by Crippen LogP contribution is 2.22. The molecule has 0 saturated carbocycles. The maximum atomic E-state index is 13.3. The summed E-state index contributed by atoms with van der Waals surface area (Å²) in [5, 5.41) is 2.88. The number of pyridine rings is 1. The van der Waals surface area contributed by atoms with Crippen LogP contribution < -0.4 is 11.1 Å². The third kappa shape index (κ3) is 2.04. The van der Waals surface area contributed by atoms with Crippen LogP contribution in [0.3, 0.4) is 0 Å². The monoisotopic (exact) mass is 203 g/mol. The normalized spacial score (nSPS) is 9.93. The van der Waals surface area contributed by atoms with Crippen molar-refractivity contribution < 1.29 is 4.39 Å². The number of aromatic nitrogens is 1. The van der Waals surface area contributed by atoms with E-state index >= 15 is 0 Å². The average Bonchev–Trinajstić information content (AvgIpc) is 2.24. The largest absolute Gasteiger partial charge is 0.397 e. The average molecular weight is 203 g/mol. The van der Waals surface area contributed by atoms with E-state index in [2.05, 4.69) is 10.3 Å². The molecule has 0 saturated heterocycles. The van der Waals surface area contributed by atoms with Crippen LogP contribution in [0.2, 0.25) is 0 Å². The summed E-state index contributed by atoms with van der Waals surface area (Å²) < 4.78 is 13.3. The predicted octanol–water partition coefficient (Wildman–Crippen LogP) is 2.55. The molecule has 0 atom stereocenters. The molecule has 4 heteroatoms. The molecule has 1 heterocycles. The van der Waals surface area contributed by atoms with Crippen LogP contribution in [-0.4, -0.2) is 4.98 Å². The molecule has 0 fully saturated rings. The number of hydrogen-bond donors (Lipinski definition) is 2. The number of nitrogens with two attached hydrogens (primary N) is 1. The van der Waals surface area contributed by atoms with Crippen molar-refractivity contribution in [2.75, 3.05) is 11.1 Å². The maximum absolute atomic E-state index is 13.3. The van der Waals surface area contributed by atoms with Crippen molar-refractivity contribution in [3.63, 3.8) is 0 Å². The van der Waals surface area contributed by atoms with Crippen molar-refractivity contribution in [2.24, 2.45) is 0 Å². The number of rotatable bonds is 2. The quantitative estimate of drug-likeness (QED) is 0.788. The predicted molar refractivity (Wildman–Crippen MR) is 58.3 cm³/mol. The second-order valence-corrected chi connectivity index (χ2v) is 3.07. The molecule has 0 aliphatic carbocycles. The summed E-state index contributed by atoms with van der Waals surface area (Å²) in [6.45, 7) is 0. The zero-order chi connectivity index (χ0) is 10.7. The van der Waals surface area contributed by atoms with Crippen LogP contribution in [0.5, 0.6) is 0 Å². The van der Waals surface area contributed by atoms with E-state index in [0.29, 0.717) is 17.1 Å². The van der Waals surface area contributed by atoms with Gasteiger partial charge in [0, 0.05) is 6.20 Å². The fourth-order valence-electron chi connectivity index (χ4n) is 1.22. The summed E-state index contributed by atoms with van der Waals surface area (Å²) in [6, 6.07) is 8.06. The lowest BCUT2D eigenvalue weighted by molar-refractivity contribution is 0.632. The summed E-state index contributed by atoms with van der Waals surface area (Å²) in [5.74, 6) is -0.319. The highest BCUT2D eigenvalue weighted by molar-refractivity contribution is 5.71. The minimum absolute atomic E-state index is 0.319. The zero-order valence-electron chi connectivity index (χ0n) is 7.94. The Balaban J connectivity index is 2.30. The third-order valence-electron chi connectivity index (χ3n) is 2.00. The van der Waals surface area contributed by atoms with Crippen molar-refractivity contribution >= 4 is 17.1 Å². The number of benzene rings is 1. The maximum Gasteiger partial charge on any atom is 0.146 e. The van der Waals surface area contributed by atoms with Gasteiger partial charge in [-0.1, -0.05) is 12.1 Å². The van der Waals surface area contributed by atoms with Crippen molar-refractivity contribution in [3.05, 3.63) is 48.5 Å². The highest BCUT2D eigenvalue weighted by atomic mass is 19.1. The van der Waals surface area contributed by atoms with Crippen LogP contribution in [0.1, 0.15) is 0 Å². The standard InChI is InChI=1S/C11H10FN3/c12-8-3-1-2-4-10(8)15-11-7-14-6-5-9(11)13/h1-7,15H,(H2,13,14). The Morgan fingerprint density at radius 2 is 1.93 bits per heavy atom. The van der Waals surface area contributed by atoms with Gasteiger partial charge < -0.3 is 11.1 Å². The highest BCUT2D eigenvalue weighted by Gasteiger charge is 2.02. The fraction of sp³-hybridized carbons (Fsp3) is 0. The van der Waals surface area contributed by atoms with E-state index in [9.17, 15) is 4.39 Å². The second kappa shape index (κ2) is 3.96. The van der Waals surface area contributed by atoms with E-state index in [1.165, 1.54) is 6.07 Å². The molecule has 3 nitrogen and oxygen atoms in total. The first-order valence-corrected chi connectivity index (χ1v) is 4.48. The smallest absolute Gasteiger partial charge is 0.146 e. The van der Waals surface area contributed by atoms with Crippen molar-refractivity contribution in [3.8, 4) is 0 Å². The molecule has 0 spiro atoms. The Kier molecular flexibility index (Phi) is 2.49. The molecule has 0 amide bonds. The van der Waals surface area contributed by atoms with Crippen LogP contribution >= 0.6 is 0 Å². The third-order valence-corrected chi connectivity index (χ3v) is 2.00. The van der Waals surface area contributed by atoms with E-state index in [-0.39, 0.29) is 5.82 Å². The van der Waals surface area contributed by atoms with E-state index in [0.717, 1.165) is 0 Å². The second-order valence-electron chi connectivity index (χ2n) is 3.07. The molecule has 2 rings (SSSR count). The molecule has 0 unspecified atom stereocenters. The Morgan fingerprint density at radius 3 is 2.67 bits per heavy atom. The Hall–Kier alpha value is -2.10. The molecule has 0 aliphatic rings. The van der Waals surface area contributed by atoms with Gasteiger partial charge in [0.1, 0.15) is 5.82 Å². The molecular formula is C11H10FN3. The molecule has 0 radical (unpaired) electrons. The zero-order valence-corrected chi connectivity index (χ0v) is 7.94. The Labute approximate surface area is 86.8 Å². The van der Waals surface area contributed by atoms with Crippen LogP contribution in [0.25, 0.3) is 0 Å².